The topological polar surface area (TPSA) is 22.0 Å². The van der Waals surface area contributed by atoms with Gasteiger partial charge in [-0.2, -0.15) is 13.2 Å². The minimum absolute atomic E-state index is 0.242. The van der Waals surface area contributed by atoms with Crippen LogP contribution < -0.4 is 0 Å². The first kappa shape index (κ1) is 10.4. The molecule has 0 spiro atoms. The second-order valence-corrected chi connectivity index (χ2v) is 4.09. The van der Waals surface area contributed by atoms with Crippen LogP contribution in [-0.2, 0) is 19.1 Å². The first-order valence-electron chi connectivity index (χ1n) is 5.20. The molecule has 88 valence electrons. The fourth-order valence-corrected chi connectivity index (χ4v) is 2.59. The van der Waals surface area contributed by atoms with Crippen LogP contribution in [0.4, 0.5) is 13.2 Å². The van der Waals surface area contributed by atoms with Crippen LogP contribution in [0.5, 0.6) is 0 Å². The number of hydrogen-bond acceptors (Lipinski definition) is 1. The lowest BCUT2D eigenvalue weighted by Crippen LogP contribution is -2.14. The lowest BCUT2D eigenvalue weighted by Gasteiger charge is -2.10. The molecule has 0 atom stereocenters. The van der Waals surface area contributed by atoms with E-state index in [2.05, 4.69) is 0 Å². The monoisotopic (exact) mass is 239 g/mol. The molecule has 0 unspecified atom stereocenters. The van der Waals surface area contributed by atoms with E-state index in [0.717, 1.165) is 5.56 Å². The largest absolute Gasteiger partial charge is 0.432 e. The van der Waals surface area contributed by atoms with E-state index in [-0.39, 0.29) is 5.56 Å². The lowest BCUT2D eigenvalue weighted by atomic mass is 10.1. The first-order valence-corrected chi connectivity index (χ1v) is 5.20. The molecule has 0 bridgehead atoms. The van der Waals surface area contributed by atoms with E-state index in [1.54, 1.807) is 18.2 Å². The van der Waals surface area contributed by atoms with Crippen molar-refractivity contribution in [2.24, 2.45) is 0 Å². The molecular formula is C12H8F3NO. The molecule has 0 fully saturated rings. The van der Waals surface area contributed by atoms with Crippen LogP contribution in [0, 0.1) is 0 Å². The van der Waals surface area contributed by atoms with Crippen LogP contribution in [0.25, 0.3) is 10.9 Å². The molecule has 1 aliphatic rings. The summed E-state index contributed by atoms with van der Waals surface area (Å²) in [5.74, 6) is 0. The normalized spacial score (nSPS) is 14.5. The number of aromatic nitrogens is 1. The summed E-state index contributed by atoms with van der Waals surface area (Å²) in [4.78, 5) is 10.9. The summed E-state index contributed by atoms with van der Waals surface area (Å²) in [5, 5.41) is 0.405. The zero-order valence-electron chi connectivity index (χ0n) is 8.71. The summed E-state index contributed by atoms with van der Waals surface area (Å²) in [6.07, 6.45) is -3.59. The van der Waals surface area contributed by atoms with Crippen LogP contribution in [0.15, 0.2) is 18.2 Å². The average Bonchev–Trinajstić information content (AvgIpc) is 2.81. The maximum atomic E-state index is 13.0. The number of carbonyl (C=O) groups excluding carboxylic acids is 1. The predicted molar refractivity (Wildman–Crippen MR) is 56.0 cm³/mol. The van der Waals surface area contributed by atoms with Gasteiger partial charge in [-0.15, -0.1) is 0 Å². The van der Waals surface area contributed by atoms with E-state index >= 15 is 0 Å². The van der Waals surface area contributed by atoms with Gasteiger partial charge in [0.2, 0.25) is 0 Å². The number of nitrogens with zero attached hydrogens (tertiary/aromatic N) is 1. The molecular weight excluding hydrogens is 231 g/mol. The summed E-state index contributed by atoms with van der Waals surface area (Å²) >= 11 is 0. The second-order valence-electron chi connectivity index (χ2n) is 4.09. The van der Waals surface area contributed by atoms with Crippen molar-refractivity contribution < 1.29 is 18.0 Å². The number of benzene rings is 1. The van der Waals surface area contributed by atoms with Gasteiger partial charge in [0.05, 0.1) is 11.1 Å². The van der Waals surface area contributed by atoms with Gasteiger partial charge in [0.1, 0.15) is 5.69 Å². The van der Waals surface area contributed by atoms with Crippen molar-refractivity contribution in [1.29, 1.82) is 0 Å². The molecule has 1 aliphatic heterocycles. The van der Waals surface area contributed by atoms with E-state index in [1.807, 2.05) is 0 Å². The molecule has 0 radical (unpaired) electrons. The third kappa shape index (κ3) is 1.25. The third-order valence-electron chi connectivity index (χ3n) is 3.20. The number of rotatable bonds is 1. The molecule has 3 rings (SSSR count). The lowest BCUT2D eigenvalue weighted by molar-refractivity contribution is -0.143. The van der Waals surface area contributed by atoms with Crippen LogP contribution in [0.1, 0.15) is 21.6 Å². The Morgan fingerprint density at radius 1 is 1.29 bits per heavy atom. The van der Waals surface area contributed by atoms with Gasteiger partial charge in [-0.05, 0) is 12.0 Å². The highest BCUT2D eigenvalue weighted by molar-refractivity contribution is 6.01. The average molecular weight is 239 g/mol. The fourth-order valence-electron chi connectivity index (χ4n) is 2.59. The molecule has 0 amide bonds. The van der Waals surface area contributed by atoms with Crippen LogP contribution >= 0.6 is 0 Å². The van der Waals surface area contributed by atoms with E-state index in [1.165, 1.54) is 4.57 Å². The van der Waals surface area contributed by atoms with Crippen molar-refractivity contribution in [3.63, 3.8) is 0 Å². The molecule has 0 N–H and O–H groups in total. The van der Waals surface area contributed by atoms with Gasteiger partial charge in [0.25, 0.3) is 0 Å². The Bertz CT molecular complexity index is 625. The SMILES string of the molecule is O=Cc1c(C(F)(F)F)n2c3c(cccc13)CC2. The Kier molecular flexibility index (Phi) is 1.91. The highest BCUT2D eigenvalue weighted by Gasteiger charge is 2.40. The highest BCUT2D eigenvalue weighted by Crippen LogP contribution is 2.40. The summed E-state index contributed by atoms with van der Waals surface area (Å²) in [6, 6.07) is 5.07. The summed E-state index contributed by atoms with van der Waals surface area (Å²) in [5.41, 5.74) is 0.379. The van der Waals surface area contributed by atoms with Crippen LogP contribution in [0.2, 0.25) is 0 Å². The number of alkyl halides is 3. The van der Waals surface area contributed by atoms with Gasteiger partial charge in [-0.3, -0.25) is 4.79 Å². The number of hydrogen-bond donors (Lipinski definition) is 0. The zero-order chi connectivity index (χ0) is 12.2. The van der Waals surface area contributed by atoms with Crippen molar-refractivity contribution in [3.05, 3.63) is 35.0 Å². The highest BCUT2D eigenvalue weighted by atomic mass is 19.4. The van der Waals surface area contributed by atoms with E-state index in [4.69, 9.17) is 0 Å². The van der Waals surface area contributed by atoms with E-state index in [9.17, 15) is 18.0 Å². The predicted octanol–water partition coefficient (Wildman–Crippen LogP) is 3.03. The number of aldehydes is 1. The number of aryl methyl sites for hydroxylation is 2. The number of halogens is 3. The van der Waals surface area contributed by atoms with Crippen molar-refractivity contribution >= 4 is 17.2 Å². The Morgan fingerprint density at radius 3 is 2.71 bits per heavy atom. The smallest absolute Gasteiger partial charge is 0.336 e. The standard InChI is InChI=1S/C12H8F3NO/c13-12(14,15)11-9(6-17)8-3-1-2-7-4-5-16(11)10(7)8/h1-3,6H,4-5H2. The fraction of sp³-hybridized carbons (Fsp3) is 0.250. The molecule has 17 heavy (non-hydrogen) atoms. The summed E-state index contributed by atoms with van der Waals surface area (Å²) in [6.45, 7) is 0.290. The number of carbonyl (C=O) groups is 1. The van der Waals surface area contributed by atoms with Gasteiger partial charge in [-0.25, -0.2) is 0 Å². The molecule has 2 aromatic rings. The molecule has 0 aliphatic carbocycles. The summed E-state index contributed by atoms with van der Waals surface area (Å²) in [7, 11) is 0. The maximum Gasteiger partial charge on any atom is 0.432 e. The maximum absolute atomic E-state index is 13.0. The van der Waals surface area contributed by atoms with Crippen molar-refractivity contribution in [2.75, 3.05) is 0 Å². The Labute approximate surface area is 94.6 Å². The molecule has 0 saturated carbocycles. The Hall–Kier alpha value is -1.78. The van der Waals surface area contributed by atoms with Crippen molar-refractivity contribution in [2.45, 2.75) is 19.1 Å². The molecule has 0 saturated heterocycles. The first-order chi connectivity index (χ1) is 8.04. The van der Waals surface area contributed by atoms with Gasteiger partial charge >= 0.3 is 6.18 Å². The quantitative estimate of drug-likeness (QED) is 0.701. The van der Waals surface area contributed by atoms with Crippen LogP contribution in [-0.4, -0.2) is 10.9 Å². The zero-order valence-corrected chi connectivity index (χ0v) is 8.71. The second kappa shape index (κ2) is 3.12. The number of para-hydroxylation sites is 1. The minimum Gasteiger partial charge on any atom is -0.336 e. The molecule has 2 heterocycles. The Balaban J connectivity index is 2.50. The minimum atomic E-state index is -4.49. The molecule has 1 aromatic carbocycles. The van der Waals surface area contributed by atoms with Crippen molar-refractivity contribution in [3.8, 4) is 0 Å². The van der Waals surface area contributed by atoms with Gasteiger partial charge in [0.15, 0.2) is 6.29 Å². The van der Waals surface area contributed by atoms with Crippen molar-refractivity contribution in [1.82, 2.24) is 4.57 Å². The van der Waals surface area contributed by atoms with Crippen LogP contribution in [0.3, 0.4) is 0 Å². The third-order valence-corrected chi connectivity index (χ3v) is 3.20. The Morgan fingerprint density at radius 2 is 2.06 bits per heavy atom. The van der Waals surface area contributed by atoms with E-state index in [0.29, 0.717) is 30.2 Å². The molecule has 1 aromatic heterocycles. The summed E-state index contributed by atoms with van der Waals surface area (Å²) < 4.78 is 40.1. The van der Waals surface area contributed by atoms with E-state index < -0.39 is 11.9 Å². The van der Waals surface area contributed by atoms with Gasteiger partial charge in [0, 0.05) is 11.9 Å². The molecule has 5 heteroatoms. The van der Waals surface area contributed by atoms with Gasteiger partial charge in [-0.1, -0.05) is 18.2 Å². The molecule has 2 nitrogen and oxygen atoms in total. The van der Waals surface area contributed by atoms with Gasteiger partial charge < -0.3 is 4.57 Å².